The van der Waals surface area contributed by atoms with E-state index in [1.807, 2.05) is 11.5 Å². The molecule has 2 aromatic carbocycles. The molecule has 34 heavy (non-hydrogen) atoms. The summed E-state index contributed by atoms with van der Waals surface area (Å²) in [5.74, 6) is -0.604. The lowest BCUT2D eigenvalue weighted by Gasteiger charge is -2.19. The maximum absolute atomic E-state index is 12.8. The van der Waals surface area contributed by atoms with Gasteiger partial charge in [-0.2, -0.15) is 0 Å². The molecule has 4 aromatic rings. The monoisotopic (exact) mass is 476 g/mol. The summed E-state index contributed by atoms with van der Waals surface area (Å²) in [5, 5.41) is 0.489. The highest BCUT2D eigenvalue weighted by Crippen LogP contribution is 2.26. The van der Waals surface area contributed by atoms with Gasteiger partial charge in [0.1, 0.15) is 5.65 Å². The van der Waals surface area contributed by atoms with E-state index >= 15 is 0 Å². The van der Waals surface area contributed by atoms with Crippen molar-refractivity contribution in [2.75, 3.05) is 4.72 Å². The van der Waals surface area contributed by atoms with Crippen LogP contribution in [0.5, 0.6) is 0 Å². The second kappa shape index (κ2) is 8.61. The van der Waals surface area contributed by atoms with E-state index in [2.05, 4.69) is 54.7 Å². The zero-order valence-corrected chi connectivity index (χ0v) is 20.5. The number of aromatic nitrogens is 2. The van der Waals surface area contributed by atoms with Crippen LogP contribution in [0.25, 0.3) is 11.0 Å². The first-order chi connectivity index (χ1) is 15.9. The van der Waals surface area contributed by atoms with E-state index in [0.29, 0.717) is 17.6 Å². The molecule has 0 saturated carbocycles. The Hall–Kier alpha value is -3.65. The maximum atomic E-state index is 12.8. The number of benzene rings is 2. The fourth-order valence-corrected chi connectivity index (χ4v) is 4.82. The molecule has 0 fully saturated rings. The molecule has 1 amide bonds. The molecule has 0 aliphatic carbocycles. The van der Waals surface area contributed by atoms with Gasteiger partial charge >= 0.3 is 0 Å². The van der Waals surface area contributed by atoms with Crippen molar-refractivity contribution in [2.24, 2.45) is 5.73 Å². The fraction of sp³-hybridized carbons (Fsp3) is 0.231. The van der Waals surface area contributed by atoms with Crippen LogP contribution in [0.2, 0.25) is 0 Å². The Morgan fingerprint density at radius 3 is 2.29 bits per heavy atom. The predicted octanol–water partition coefficient (Wildman–Crippen LogP) is 4.59. The summed E-state index contributed by atoms with van der Waals surface area (Å²) in [6.07, 6.45) is 3.11. The molecule has 7 nitrogen and oxygen atoms in total. The first-order valence-corrected chi connectivity index (χ1v) is 12.4. The van der Waals surface area contributed by atoms with E-state index in [1.54, 1.807) is 36.5 Å². The van der Waals surface area contributed by atoms with Gasteiger partial charge in [-0.15, -0.1) is 0 Å². The minimum atomic E-state index is -3.80. The van der Waals surface area contributed by atoms with Crippen molar-refractivity contribution in [3.8, 4) is 0 Å². The lowest BCUT2D eigenvalue weighted by Crippen LogP contribution is -2.13. The van der Waals surface area contributed by atoms with Crippen molar-refractivity contribution in [1.82, 2.24) is 9.55 Å². The summed E-state index contributed by atoms with van der Waals surface area (Å²) < 4.78 is 29.9. The Labute approximate surface area is 199 Å². The molecule has 8 heteroatoms. The van der Waals surface area contributed by atoms with Crippen LogP contribution in [0.1, 0.15) is 47.8 Å². The third-order valence-corrected chi connectivity index (χ3v) is 7.13. The second-order valence-corrected chi connectivity index (χ2v) is 11.2. The number of aryl methyl sites for hydroxylation is 1. The highest BCUT2D eigenvalue weighted by molar-refractivity contribution is 7.92. The van der Waals surface area contributed by atoms with Crippen LogP contribution in [-0.4, -0.2) is 23.9 Å². The van der Waals surface area contributed by atoms with Gasteiger partial charge in [0.25, 0.3) is 15.9 Å². The van der Waals surface area contributed by atoms with Gasteiger partial charge in [0.05, 0.1) is 22.3 Å². The number of nitrogens with zero attached hydrogens (tertiary/aromatic N) is 2. The lowest BCUT2D eigenvalue weighted by atomic mass is 9.87. The molecule has 176 valence electrons. The molecule has 0 unspecified atom stereocenters. The molecule has 4 rings (SSSR count). The largest absolute Gasteiger partial charge is 0.366 e. The van der Waals surface area contributed by atoms with E-state index in [1.165, 1.54) is 11.8 Å². The van der Waals surface area contributed by atoms with Gasteiger partial charge in [0.2, 0.25) is 0 Å². The summed E-state index contributed by atoms with van der Waals surface area (Å²) in [4.78, 5) is 16.7. The van der Waals surface area contributed by atoms with E-state index in [-0.39, 0.29) is 21.6 Å². The van der Waals surface area contributed by atoms with Gasteiger partial charge in [-0.1, -0.05) is 62.7 Å². The summed E-state index contributed by atoms with van der Waals surface area (Å²) in [6, 6.07) is 16.4. The number of rotatable bonds is 6. The molecule has 0 atom stereocenters. The SMILES string of the molecule is Cc1ccc(S(=O)(=O)Nc2cnc3c(c2)c(C(N)=O)cn3Cc2ccc(C(C)(C)C)cc2)cc1. The van der Waals surface area contributed by atoms with E-state index in [4.69, 9.17) is 5.73 Å². The first kappa shape index (κ1) is 23.5. The van der Waals surface area contributed by atoms with Gasteiger partial charge < -0.3 is 10.3 Å². The van der Waals surface area contributed by atoms with Crippen LogP contribution in [0, 0.1) is 6.92 Å². The average molecular weight is 477 g/mol. The summed E-state index contributed by atoms with van der Waals surface area (Å²) >= 11 is 0. The summed E-state index contributed by atoms with van der Waals surface area (Å²) in [7, 11) is -3.80. The maximum Gasteiger partial charge on any atom is 0.261 e. The standard InChI is InChI=1S/C26H28N4O3S/c1-17-5-11-21(12-6-17)34(32,33)29-20-13-22-23(24(27)31)16-30(25(22)28-14-20)15-18-7-9-19(10-8-18)26(2,3)4/h5-14,16,29H,15H2,1-4H3,(H2,27,31). The Kier molecular flexibility index (Phi) is 5.95. The summed E-state index contributed by atoms with van der Waals surface area (Å²) in [6.45, 7) is 8.87. The molecule has 0 aliphatic rings. The van der Waals surface area contributed by atoms with Crippen LogP contribution >= 0.6 is 0 Å². The Morgan fingerprint density at radius 2 is 1.71 bits per heavy atom. The number of nitrogens with one attached hydrogen (secondary N) is 1. The quantitative estimate of drug-likeness (QED) is 0.424. The molecule has 0 radical (unpaired) electrons. The van der Waals surface area contributed by atoms with Crippen molar-refractivity contribution in [3.63, 3.8) is 0 Å². The number of hydrogen-bond acceptors (Lipinski definition) is 4. The van der Waals surface area contributed by atoms with Crippen LogP contribution in [0.15, 0.2) is 71.9 Å². The number of amides is 1. The number of pyridine rings is 1. The van der Waals surface area contributed by atoms with Gasteiger partial charge in [0.15, 0.2) is 0 Å². The first-order valence-electron chi connectivity index (χ1n) is 10.9. The number of hydrogen-bond donors (Lipinski definition) is 2. The van der Waals surface area contributed by atoms with Crippen molar-refractivity contribution < 1.29 is 13.2 Å². The Balaban J connectivity index is 1.67. The molecule has 2 heterocycles. The molecule has 0 saturated heterocycles. The number of carbonyl (C=O) groups is 1. The normalized spacial score (nSPS) is 12.1. The summed E-state index contributed by atoms with van der Waals surface area (Å²) in [5.41, 5.74) is 10.00. The topological polar surface area (TPSA) is 107 Å². The molecule has 2 aromatic heterocycles. The average Bonchev–Trinajstić information content (AvgIpc) is 3.11. The molecular formula is C26H28N4O3S. The van der Waals surface area contributed by atoms with Crippen molar-refractivity contribution in [3.05, 3.63) is 89.2 Å². The third-order valence-electron chi connectivity index (χ3n) is 5.74. The van der Waals surface area contributed by atoms with Crippen LogP contribution < -0.4 is 10.5 Å². The van der Waals surface area contributed by atoms with Crippen molar-refractivity contribution in [2.45, 2.75) is 44.6 Å². The number of primary amides is 1. The highest BCUT2D eigenvalue weighted by atomic mass is 32.2. The Bertz CT molecular complexity index is 1460. The minimum Gasteiger partial charge on any atom is -0.366 e. The van der Waals surface area contributed by atoms with Crippen molar-refractivity contribution in [1.29, 1.82) is 0 Å². The zero-order valence-electron chi connectivity index (χ0n) is 19.7. The van der Waals surface area contributed by atoms with E-state index in [9.17, 15) is 13.2 Å². The van der Waals surface area contributed by atoms with Crippen molar-refractivity contribution >= 4 is 32.7 Å². The number of nitrogens with two attached hydrogens (primary N) is 1. The number of carbonyl (C=O) groups excluding carboxylic acids is 1. The van der Waals surface area contributed by atoms with Gasteiger partial charge in [-0.3, -0.25) is 9.52 Å². The number of sulfonamides is 1. The van der Waals surface area contributed by atoms with Crippen LogP contribution in [0.3, 0.4) is 0 Å². The van der Waals surface area contributed by atoms with Gasteiger partial charge in [0, 0.05) is 18.1 Å². The molecule has 0 aliphatic heterocycles. The van der Waals surface area contributed by atoms with Crippen LogP contribution in [-0.2, 0) is 22.0 Å². The van der Waals surface area contributed by atoms with E-state index < -0.39 is 15.9 Å². The van der Waals surface area contributed by atoms with Gasteiger partial charge in [-0.25, -0.2) is 13.4 Å². The van der Waals surface area contributed by atoms with E-state index in [0.717, 1.165) is 11.1 Å². The number of anilines is 1. The molecule has 3 N–H and O–H groups in total. The molecule has 0 bridgehead atoms. The third kappa shape index (κ3) is 4.82. The number of fused-ring (bicyclic) bond motifs is 1. The predicted molar refractivity (Wildman–Crippen MR) is 134 cm³/mol. The zero-order chi connectivity index (χ0) is 24.7. The Morgan fingerprint density at radius 1 is 1.06 bits per heavy atom. The highest BCUT2D eigenvalue weighted by Gasteiger charge is 2.19. The fourth-order valence-electron chi connectivity index (χ4n) is 3.78. The van der Waals surface area contributed by atoms with Gasteiger partial charge in [-0.05, 0) is 41.7 Å². The lowest BCUT2D eigenvalue weighted by molar-refractivity contribution is 0.100. The molecule has 0 spiro atoms. The minimum absolute atomic E-state index is 0.0572. The second-order valence-electron chi connectivity index (χ2n) is 9.50. The van der Waals surface area contributed by atoms with Crippen LogP contribution in [0.4, 0.5) is 5.69 Å². The smallest absolute Gasteiger partial charge is 0.261 e. The molecular weight excluding hydrogens is 448 g/mol.